The van der Waals surface area contributed by atoms with Crippen molar-refractivity contribution in [3.63, 3.8) is 0 Å². The van der Waals surface area contributed by atoms with Gasteiger partial charge >= 0.3 is 0 Å². The van der Waals surface area contributed by atoms with Crippen molar-refractivity contribution in [3.8, 4) is 11.5 Å². The smallest absolute Gasteiger partial charge is 0.127 e. The van der Waals surface area contributed by atoms with Crippen LogP contribution in [0.25, 0.3) is 0 Å². The molecule has 0 heterocycles. The zero-order valence-corrected chi connectivity index (χ0v) is 12.4. The Morgan fingerprint density at radius 3 is 1.95 bits per heavy atom. The minimum Gasteiger partial charge on any atom is -0.457 e. The first-order valence-electron chi connectivity index (χ1n) is 7.44. The quantitative estimate of drug-likeness (QED) is 0.746. The topological polar surface area (TPSA) is 35.2 Å². The van der Waals surface area contributed by atoms with Crippen LogP contribution in [0.2, 0.25) is 0 Å². The van der Waals surface area contributed by atoms with Crippen LogP contribution >= 0.6 is 0 Å². The Hall–Kier alpha value is -2.58. The number of rotatable bonds is 5. The molecule has 3 aromatic rings. The Labute approximate surface area is 131 Å². The highest BCUT2D eigenvalue weighted by atomic mass is 16.5. The van der Waals surface area contributed by atoms with Gasteiger partial charge in [0.2, 0.25) is 0 Å². The molecule has 0 bridgehead atoms. The lowest BCUT2D eigenvalue weighted by atomic mass is 9.91. The molecule has 3 aromatic carbocycles. The number of hydrogen-bond acceptors (Lipinski definition) is 2. The van der Waals surface area contributed by atoms with E-state index in [-0.39, 0.29) is 5.92 Å². The van der Waals surface area contributed by atoms with Gasteiger partial charge in [-0.3, -0.25) is 0 Å². The second-order valence-electron chi connectivity index (χ2n) is 5.19. The highest BCUT2D eigenvalue weighted by Gasteiger charge is 2.12. The number of benzene rings is 3. The zero-order valence-electron chi connectivity index (χ0n) is 12.4. The van der Waals surface area contributed by atoms with Gasteiger partial charge in [-0.05, 0) is 35.4 Å². The molecule has 2 N–H and O–H groups in total. The molecule has 110 valence electrons. The number of hydrogen-bond donors (Lipinski definition) is 1. The van der Waals surface area contributed by atoms with Crippen LogP contribution in [0, 0.1) is 0 Å². The Bertz CT molecular complexity index is 710. The van der Waals surface area contributed by atoms with E-state index in [4.69, 9.17) is 10.5 Å². The van der Waals surface area contributed by atoms with Gasteiger partial charge in [0.15, 0.2) is 0 Å². The van der Waals surface area contributed by atoms with E-state index in [0.717, 1.165) is 11.5 Å². The first kappa shape index (κ1) is 14.4. The summed E-state index contributed by atoms with van der Waals surface area (Å²) in [6, 6.07) is 28.3. The first-order valence-corrected chi connectivity index (χ1v) is 7.44. The third-order valence-corrected chi connectivity index (χ3v) is 3.68. The normalized spacial score (nSPS) is 11.9. The number of para-hydroxylation sites is 1. The third-order valence-electron chi connectivity index (χ3n) is 3.68. The van der Waals surface area contributed by atoms with Gasteiger partial charge in [-0.2, -0.15) is 0 Å². The number of ether oxygens (including phenoxy) is 1. The van der Waals surface area contributed by atoms with Gasteiger partial charge in [0.05, 0.1) is 0 Å². The Morgan fingerprint density at radius 2 is 1.27 bits per heavy atom. The van der Waals surface area contributed by atoms with Crippen molar-refractivity contribution in [2.24, 2.45) is 5.73 Å². The summed E-state index contributed by atoms with van der Waals surface area (Å²) < 4.78 is 5.91. The van der Waals surface area contributed by atoms with Gasteiger partial charge in [-0.1, -0.05) is 60.7 Å². The summed E-state index contributed by atoms with van der Waals surface area (Å²) in [5.41, 5.74) is 8.39. The summed E-state index contributed by atoms with van der Waals surface area (Å²) in [5.74, 6) is 1.85. The Balaban J connectivity index is 1.87. The summed E-state index contributed by atoms with van der Waals surface area (Å²) in [5, 5.41) is 0. The lowest BCUT2D eigenvalue weighted by Crippen LogP contribution is -2.13. The second-order valence-corrected chi connectivity index (χ2v) is 5.19. The van der Waals surface area contributed by atoms with Crippen LogP contribution in [0.1, 0.15) is 17.0 Å². The average molecular weight is 289 g/mol. The van der Waals surface area contributed by atoms with E-state index in [2.05, 4.69) is 24.3 Å². The van der Waals surface area contributed by atoms with Crippen LogP contribution in [0.5, 0.6) is 11.5 Å². The van der Waals surface area contributed by atoms with Crippen molar-refractivity contribution in [1.82, 2.24) is 0 Å². The van der Waals surface area contributed by atoms with Crippen LogP contribution < -0.4 is 10.5 Å². The molecule has 0 saturated heterocycles. The first-order chi connectivity index (χ1) is 10.9. The maximum Gasteiger partial charge on any atom is 0.127 e. The molecule has 2 nitrogen and oxygen atoms in total. The maximum absolute atomic E-state index is 6.00. The molecule has 2 heteroatoms. The molecule has 0 aliphatic carbocycles. The molecular formula is C20H19NO. The second kappa shape index (κ2) is 6.92. The van der Waals surface area contributed by atoms with Crippen LogP contribution in [-0.2, 0) is 0 Å². The maximum atomic E-state index is 6.00. The number of nitrogens with two attached hydrogens (primary N) is 1. The van der Waals surface area contributed by atoms with E-state index in [1.807, 2.05) is 60.7 Å². The van der Waals surface area contributed by atoms with Crippen LogP contribution in [0.15, 0.2) is 84.9 Å². The van der Waals surface area contributed by atoms with Crippen molar-refractivity contribution < 1.29 is 4.74 Å². The molecule has 0 fully saturated rings. The van der Waals surface area contributed by atoms with Crippen molar-refractivity contribution >= 4 is 0 Å². The average Bonchev–Trinajstić information content (AvgIpc) is 2.58. The van der Waals surface area contributed by atoms with Gasteiger partial charge in [0.25, 0.3) is 0 Å². The minimum absolute atomic E-state index is 0.181. The highest BCUT2D eigenvalue weighted by molar-refractivity contribution is 5.39. The standard InChI is InChI=1S/C20H19NO/c21-15-20(16-8-3-1-4-9-16)17-10-7-13-19(14-17)22-18-11-5-2-6-12-18/h1-14,20H,15,21H2. The lowest BCUT2D eigenvalue weighted by Gasteiger charge is -2.17. The summed E-state index contributed by atoms with van der Waals surface area (Å²) in [7, 11) is 0. The molecule has 3 rings (SSSR count). The van der Waals surface area contributed by atoms with Crippen LogP contribution in [0.3, 0.4) is 0 Å². The molecule has 1 unspecified atom stereocenters. The van der Waals surface area contributed by atoms with Gasteiger partial charge in [-0.15, -0.1) is 0 Å². The Kier molecular flexibility index (Phi) is 4.52. The molecule has 0 aromatic heterocycles. The van der Waals surface area contributed by atoms with Crippen LogP contribution in [-0.4, -0.2) is 6.54 Å². The summed E-state index contributed by atoms with van der Waals surface area (Å²) in [6.07, 6.45) is 0. The fraction of sp³-hybridized carbons (Fsp3) is 0.100. The predicted octanol–water partition coefficient (Wildman–Crippen LogP) is 4.57. The van der Waals surface area contributed by atoms with Crippen molar-refractivity contribution in [3.05, 3.63) is 96.1 Å². The van der Waals surface area contributed by atoms with E-state index in [1.165, 1.54) is 11.1 Å². The van der Waals surface area contributed by atoms with Crippen molar-refractivity contribution in [2.75, 3.05) is 6.54 Å². The summed E-state index contributed by atoms with van der Waals surface area (Å²) in [6.45, 7) is 0.568. The summed E-state index contributed by atoms with van der Waals surface area (Å²) in [4.78, 5) is 0. The van der Waals surface area contributed by atoms with E-state index in [9.17, 15) is 0 Å². The predicted molar refractivity (Wildman–Crippen MR) is 90.3 cm³/mol. The zero-order chi connectivity index (χ0) is 15.2. The van der Waals surface area contributed by atoms with Gasteiger partial charge in [-0.25, -0.2) is 0 Å². The fourth-order valence-electron chi connectivity index (χ4n) is 2.57. The SMILES string of the molecule is NCC(c1ccccc1)c1cccc(Oc2ccccc2)c1. The third kappa shape index (κ3) is 3.35. The van der Waals surface area contributed by atoms with E-state index >= 15 is 0 Å². The largest absolute Gasteiger partial charge is 0.457 e. The minimum atomic E-state index is 0.181. The molecular weight excluding hydrogens is 270 g/mol. The highest BCUT2D eigenvalue weighted by Crippen LogP contribution is 2.28. The van der Waals surface area contributed by atoms with E-state index in [1.54, 1.807) is 0 Å². The van der Waals surface area contributed by atoms with Gasteiger partial charge in [0, 0.05) is 12.5 Å². The molecule has 0 saturated carbocycles. The van der Waals surface area contributed by atoms with Crippen molar-refractivity contribution in [1.29, 1.82) is 0 Å². The Morgan fingerprint density at radius 1 is 0.682 bits per heavy atom. The molecule has 0 amide bonds. The fourth-order valence-corrected chi connectivity index (χ4v) is 2.57. The van der Waals surface area contributed by atoms with Crippen LogP contribution in [0.4, 0.5) is 0 Å². The van der Waals surface area contributed by atoms with Gasteiger partial charge < -0.3 is 10.5 Å². The van der Waals surface area contributed by atoms with E-state index < -0.39 is 0 Å². The molecule has 1 atom stereocenters. The summed E-state index contributed by atoms with van der Waals surface area (Å²) >= 11 is 0. The molecule has 0 aliphatic heterocycles. The van der Waals surface area contributed by atoms with E-state index in [0.29, 0.717) is 6.54 Å². The molecule has 0 radical (unpaired) electrons. The molecule has 0 spiro atoms. The van der Waals surface area contributed by atoms with Gasteiger partial charge in [0.1, 0.15) is 11.5 Å². The molecule has 22 heavy (non-hydrogen) atoms. The molecule has 0 aliphatic rings. The lowest BCUT2D eigenvalue weighted by molar-refractivity contribution is 0.481. The van der Waals surface area contributed by atoms with Crippen molar-refractivity contribution in [2.45, 2.75) is 5.92 Å². The monoisotopic (exact) mass is 289 g/mol.